The molecule has 0 aliphatic carbocycles. The molecule has 0 heterocycles. The molecule has 0 radical (unpaired) electrons. The molecule has 6 heteroatoms. The molecule has 0 aromatic heterocycles. The molecule has 0 spiro atoms. The zero-order valence-corrected chi connectivity index (χ0v) is 17.8. The number of nitrogens with one attached hydrogen (secondary N) is 2. The number of carbonyl (C=O) groups is 2. The van der Waals surface area contributed by atoms with Gasteiger partial charge in [0.2, 0.25) is 11.8 Å². The highest BCUT2D eigenvalue weighted by Crippen LogP contribution is 2.21. The standard InChI is InChI=1S/C23H30FN3O2/c1-15-12-16(2)22(17(3)13-15)26-21(28)14-27(5)18(4)23(29)25-11-10-19-6-8-20(24)9-7-19/h6-9,12-13,18H,10-11,14H2,1-5H3,(H,25,29)(H,26,28). The van der Waals surface area contributed by atoms with Crippen LogP contribution in [0.3, 0.4) is 0 Å². The summed E-state index contributed by atoms with van der Waals surface area (Å²) in [5, 5.41) is 5.82. The summed E-state index contributed by atoms with van der Waals surface area (Å²) >= 11 is 0. The normalized spacial score (nSPS) is 12.0. The summed E-state index contributed by atoms with van der Waals surface area (Å²) in [5.41, 5.74) is 4.97. The smallest absolute Gasteiger partial charge is 0.238 e. The number of hydrogen-bond donors (Lipinski definition) is 2. The predicted molar refractivity (Wildman–Crippen MR) is 114 cm³/mol. The minimum absolute atomic E-state index is 0.110. The fourth-order valence-electron chi connectivity index (χ4n) is 3.25. The SMILES string of the molecule is Cc1cc(C)c(NC(=O)CN(C)C(C)C(=O)NCCc2ccc(F)cc2)c(C)c1. The number of carbonyl (C=O) groups excluding carboxylic acids is 2. The summed E-state index contributed by atoms with van der Waals surface area (Å²) in [6.45, 7) is 8.29. The Morgan fingerprint density at radius 1 is 1.07 bits per heavy atom. The van der Waals surface area contributed by atoms with Gasteiger partial charge in [0.1, 0.15) is 5.82 Å². The molecule has 0 bridgehead atoms. The molecule has 1 unspecified atom stereocenters. The molecule has 5 nitrogen and oxygen atoms in total. The molecule has 2 N–H and O–H groups in total. The van der Waals surface area contributed by atoms with E-state index in [0.717, 1.165) is 27.9 Å². The van der Waals surface area contributed by atoms with Gasteiger partial charge in [-0.05, 0) is 70.0 Å². The van der Waals surface area contributed by atoms with Gasteiger partial charge in [-0.1, -0.05) is 29.8 Å². The van der Waals surface area contributed by atoms with Gasteiger partial charge >= 0.3 is 0 Å². The van der Waals surface area contributed by atoms with E-state index in [2.05, 4.69) is 10.6 Å². The zero-order chi connectivity index (χ0) is 21.6. The minimum Gasteiger partial charge on any atom is -0.354 e. The molecule has 0 aliphatic heterocycles. The summed E-state index contributed by atoms with van der Waals surface area (Å²) in [4.78, 5) is 26.5. The van der Waals surface area contributed by atoms with Gasteiger partial charge in [-0.25, -0.2) is 4.39 Å². The first-order valence-corrected chi connectivity index (χ1v) is 9.77. The quantitative estimate of drug-likeness (QED) is 0.716. The number of nitrogens with zero attached hydrogens (tertiary/aromatic N) is 1. The number of anilines is 1. The van der Waals surface area contributed by atoms with E-state index >= 15 is 0 Å². The second-order valence-electron chi connectivity index (χ2n) is 7.58. The molecule has 2 amide bonds. The van der Waals surface area contributed by atoms with E-state index in [1.54, 1.807) is 31.0 Å². The summed E-state index contributed by atoms with van der Waals surface area (Å²) in [6.07, 6.45) is 0.620. The van der Waals surface area contributed by atoms with Crippen LogP contribution in [0.25, 0.3) is 0 Å². The van der Waals surface area contributed by atoms with E-state index < -0.39 is 6.04 Å². The number of hydrogen-bond acceptors (Lipinski definition) is 3. The molecule has 0 saturated carbocycles. The van der Waals surface area contributed by atoms with E-state index in [1.807, 2.05) is 32.9 Å². The highest BCUT2D eigenvalue weighted by molar-refractivity contribution is 5.94. The Bertz CT molecular complexity index is 842. The van der Waals surface area contributed by atoms with Crippen molar-refractivity contribution >= 4 is 17.5 Å². The van der Waals surface area contributed by atoms with Gasteiger partial charge in [0, 0.05) is 12.2 Å². The lowest BCUT2D eigenvalue weighted by Crippen LogP contribution is -2.46. The summed E-state index contributed by atoms with van der Waals surface area (Å²) in [5.74, 6) is -0.582. The van der Waals surface area contributed by atoms with Gasteiger partial charge in [0.25, 0.3) is 0 Å². The lowest BCUT2D eigenvalue weighted by molar-refractivity contribution is -0.126. The lowest BCUT2D eigenvalue weighted by Gasteiger charge is -2.24. The molecular formula is C23H30FN3O2. The van der Waals surface area contributed by atoms with Crippen LogP contribution in [-0.4, -0.2) is 42.9 Å². The van der Waals surface area contributed by atoms with Crippen molar-refractivity contribution in [2.45, 2.75) is 40.2 Å². The topological polar surface area (TPSA) is 61.4 Å². The average Bonchev–Trinajstić information content (AvgIpc) is 2.65. The van der Waals surface area contributed by atoms with Crippen molar-refractivity contribution in [3.63, 3.8) is 0 Å². The van der Waals surface area contributed by atoms with E-state index in [0.29, 0.717) is 13.0 Å². The Balaban J connectivity index is 1.82. The van der Waals surface area contributed by atoms with Crippen LogP contribution in [0.4, 0.5) is 10.1 Å². The lowest BCUT2D eigenvalue weighted by atomic mass is 10.1. The van der Waals surface area contributed by atoms with Crippen LogP contribution in [0.1, 0.15) is 29.2 Å². The predicted octanol–water partition coefficient (Wildman–Crippen LogP) is 3.37. The first-order chi connectivity index (χ1) is 13.7. The van der Waals surface area contributed by atoms with E-state index in [9.17, 15) is 14.0 Å². The molecule has 0 aliphatic rings. The van der Waals surface area contributed by atoms with Crippen molar-refractivity contribution in [2.24, 2.45) is 0 Å². The third-order valence-corrected chi connectivity index (χ3v) is 5.00. The van der Waals surface area contributed by atoms with Crippen LogP contribution >= 0.6 is 0 Å². The molecular weight excluding hydrogens is 369 g/mol. The highest BCUT2D eigenvalue weighted by Gasteiger charge is 2.20. The Labute approximate surface area is 172 Å². The second-order valence-corrected chi connectivity index (χ2v) is 7.58. The van der Waals surface area contributed by atoms with Crippen LogP contribution < -0.4 is 10.6 Å². The number of halogens is 1. The minimum atomic E-state index is -0.450. The molecule has 29 heavy (non-hydrogen) atoms. The number of benzene rings is 2. The third kappa shape index (κ3) is 6.68. The zero-order valence-electron chi connectivity index (χ0n) is 17.8. The van der Waals surface area contributed by atoms with Crippen LogP contribution in [-0.2, 0) is 16.0 Å². The third-order valence-electron chi connectivity index (χ3n) is 5.00. The van der Waals surface area contributed by atoms with Crippen molar-refractivity contribution in [3.8, 4) is 0 Å². The van der Waals surface area contributed by atoms with Crippen molar-refractivity contribution in [1.29, 1.82) is 0 Å². The second kappa shape index (κ2) is 10.2. The highest BCUT2D eigenvalue weighted by atomic mass is 19.1. The molecule has 1 atom stereocenters. The molecule has 2 aromatic rings. The van der Waals surface area contributed by atoms with Gasteiger partial charge in [0.05, 0.1) is 12.6 Å². The van der Waals surface area contributed by atoms with Gasteiger partial charge in [-0.3, -0.25) is 14.5 Å². The molecule has 2 aromatic carbocycles. The summed E-state index contributed by atoms with van der Waals surface area (Å²) in [6, 6.07) is 9.84. The number of rotatable bonds is 8. The Morgan fingerprint density at radius 3 is 2.24 bits per heavy atom. The maximum atomic E-state index is 12.9. The van der Waals surface area contributed by atoms with Crippen molar-refractivity contribution < 1.29 is 14.0 Å². The van der Waals surface area contributed by atoms with Crippen molar-refractivity contribution in [2.75, 3.05) is 25.5 Å². The largest absolute Gasteiger partial charge is 0.354 e. The van der Waals surface area contributed by atoms with Crippen LogP contribution in [0, 0.1) is 26.6 Å². The van der Waals surface area contributed by atoms with Crippen LogP contribution in [0.2, 0.25) is 0 Å². The maximum Gasteiger partial charge on any atom is 0.238 e. The van der Waals surface area contributed by atoms with Crippen molar-refractivity contribution in [3.05, 3.63) is 64.5 Å². The summed E-state index contributed by atoms with van der Waals surface area (Å²) in [7, 11) is 1.75. The van der Waals surface area contributed by atoms with Gasteiger partial charge in [-0.2, -0.15) is 0 Å². The van der Waals surface area contributed by atoms with Crippen molar-refractivity contribution in [1.82, 2.24) is 10.2 Å². The first kappa shape index (κ1) is 22.6. The number of likely N-dealkylation sites (N-methyl/N-ethyl adjacent to an activating group) is 1. The molecule has 156 valence electrons. The van der Waals surface area contributed by atoms with E-state index in [4.69, 9.17) is 0 Å². The van der Waals surface area contributed by atoms with Gasteiger partial charge < -0.3 is 10.6 Å². The number of aryl methyl sites for hydroxylation is 3. The summed E-state index contributed by atoms with van der Waals surface area (Å²) < 4.78 is 12.9. The molecule has 0 fully saturated rings. The monoisotopic (exact) mass is 399 g/mol. The van der Waals surface area contributed by atoms with E-state index in [-0.39, 0.29) is 24.2 Å². The Kier molecular flexibility index (Phi) is 7.91. The Morgan fingerprint density at radius 2 is 1.66 bits per heavy atom. The fourth-order valence-corrected chi connectivity index (χ4v) is 3.25. The Hall–Kier alpha value is -2.73. The maximum absolute atomic E-state index is 12.9. The van der Waals surface area contributed by atoms with Gasteiger partial charge in [0.15, 0.2) is 0 Å². The molecule has 2 rings (SSSR count). The average molecular weight is 400 g/mol. The molecule has 0 saturated heterocycles. The van der Waals surface area contributed by atoms with E-state index in [1.165, 1.54) is 12.1 Å². The van der Waals surface area contributed by atoms with Crippen LogP contribution in [0.15, 0.2) is 36.4 Å². The van der Waals surface area contributed by atoms with Gasteiger partial charge in [-0.15, -0.1) is 0 Å². The number of amides is 2. The fraction of sp³-hybridized carbons (Fsp3) is 0.391. The first-order valence-electron chi connectivity index (χ1n) is 9.77. The van der Waals surface area contributed by atoms with Crippen LogP contribution in [0.5, 0.6) is 0 Å².